The van der Waals surface area contributed by atoms with E-state index in [1.165, 1.54) is 23.5 Å². The van der Waals surface area contributed by atoms with Gasteiger partial charge in [0.25, 0.3) is 0 Å². The molecule has 0 amide bonds. The first kappa shape index (κ1) is 26.1. The van der Waals surface area contributed by atoms with Crippen LogP contribution in [0.15, 0.2) is 94.7 Å². The van der Waals surface area contributed by atoms with Gasteiger partial charge in [0, 0.05) is 43.8 Å². The smallest absolute Gasteiger partial charge is 0.196 e. The van der Waals surface area contributed by atoms with Gasteiger partial charge in [-0.2, -0.15) is 0 Å². The van der Waals surface area contributed by atoms with Gasteiger partial charge in [0.1, 0.15) is 0 Å². The molecule has 1 aliphatic rings. The van der Waals surface area contributed by atoms with Crippen LogP contribution in [-0.2, 0) is 0 Å². The fourth-order valence-electron chi connectivity index (χ4n) is 4.39. The topological polar surface area (TPSA) is 98.7 Å². The fourth-order valence-corrected chi connectivity index (χ4v) is 5.85. The Morgan fingerprint density at radius 3 is 1.34 bits per heavy atom. The van der Waals surface area contributed by atoms with Crippen molar-refractivity contribution in [2.45, 2.75) is 9.79 Å². The number of rotatable bonds is 10. The quantitative estimate of drug-likeness (QED) is 0.157. The van der Waals surface area contributed by atoms with E-state index in [1.54, 1.807) is 12.1 Å². The molecule has 0 unspecified atom stereocenters. The number of hydrogen-bond acceptors (Lipinski definition) is 8. The van der Waals surface area contributed by atoms with Crippen LogP contribution < -0.4 is 10.6 Å². The minimum absolute atomic E-state index is 0.00165. The zero-order valence-corrected chi connectivity index (χ0v) is 22.1. The van der Waals surface area contributed by atoms with Crippen LogP contribution in [0.5, 0.6) is 0 Å². The summed E-state index contributed by atoms with van der Waals surface area (Å²) < 4.78 is 0. The molecule has 192 valence electrons. The summed E-state index contributed by atoms with van der Waals surface area (Å²) in [6.45, 7) is -0.00330. The van der Waals surface area contributed by atoms with Gasteiger partial charge in [-0.05, 0) is 48.5 Å². The summed E-state index contributed by atoms with van der Waals surface area (Å²) in [5.74, 6) is 0.451. The first-order valence-corrected chi connectivity index (χ1v) is 14.1. The van der Waals surface area contributed by atoms with Gasteiger partial charge < -0.3 is 20.8 Å². The van der Waals surface area contributed by atoms with Crippen LogP contribution in [0.4, 0.5) is 22.7 Å². The van der Waals surface area contributed by atoms with Gasteiger partial charge in [-0.1, -0.05) is 36.4 Å². The van der Waals surface area contributed by atoms with Crippen LogP contribution in [0.25, 0.3) is 0 Å². The maximum absolute atomic E-state index is 14.1. The summed E-state index contributed by atoms with van der Waals surface area (Å²) in [6, 6.07) is 26.2. The van der Waals surface area contributed by atoms with Crippen LogP contribution in [0.3, 0.4) is 0 Å². The Morgan fingerprint density at radius 2 is 0.974 bits per heavy atom. The minimum atomic E-state index is -0.241. The average Bonchev–Trinajstić information content (AvgIpc) is 2.94. The minimum Gasteiger partial charge on any atom is -0.396 e. The summed E-state index contributed by atoms with van der Waals surface area (Å²) in [6.07, 6.45) is 0. The molecule has 0 saturated heterocycles. The molecule has 0 atom stereocenters. The normalized spacial score (nSPS) is 12.2. The van der Waals surface area contributed by atoms with Crippen molar-refractivity contribution in [1.29, 1.82) is 0 Å². The number of aliphatic hydroxyl groups excluding tert-OH is 2. The summed E-state index contributed by atoms with van der Waals surface area (Å²) in [4.78, 5) is 29.8. The molecule has 4 N–H and O–H groups in total. The largest absolute Gasteiger partial charge is 0.396 e. The Hall–Kier alpha value is -3.56. The zero-order chi connectivity index (χ0) is 26.5. The Morgan fingerprint density at radius 1 is 0.579 bits per heavy atom. The van der Waals surface area contributed by atoms with Gasteiger partial charge >= 0.3 is 0 Å². The number of aliphatic hydroxyl groups is 2. The maximum Gasteiger partial charge on any atom is 0.196 e. The Kier molecular flexibility index (Phi) is 8.14. The molecule has 0 saturated carbocycles. The van der Waals surface area contributed by atoms with Crippen molar-refractivity contribution in [3.05, 3.63) is 107 Å². The highest BCUT2D eigenvalue weighted by Gasteiger charge is 2.35. The number of nitrogens with one attached hydrogen (secondary N) is 2. The highest BCUT2D eigenvalue weighted by Crippen LogP contribution is 2.41. The third-order valence-electron chi connectivity index (χ3n) is 5.99. The van der Waals surface area contributed by atoms with E-state index in [-0.39, 0.29) is 24.8 Å². The van der Waals surface area contributed by atoms with E-state index >= 15 is 0 Å². The van der Waals surface area contributed by atoms with E-state index < -0.39 is 0 Å². The van der Waals surface area contributed by atoms with Crippen molar-refractivity contribution < 1.29 is 19.8 Å². The number of benzene rings is 4. The predicted molar refractivity (Wildman–Crippen MR) is 155 cm³/mol. The number of para-hydroxylation sites is 2. The van der Waals surface area contributed by atoms with Crippen LogP contribution >= 0.6 is 23.5 Å². The molecule has 0 bridgehead atoms. The zero-order valence-electron chi connectivity index (χ0n) is 20.4. The lowest BCUT2D eigenvalue weighted by molar-refractivity contribution is 0.0980. The summed E-state index contributed by atoms with van der Waals surface area (Å²) in [7, 11) is 0. The van der Waals surface area contributed by atoms with Gasteiger partial charge in [-0.15, -0.1) is 23.5 Å². The third kappa shape index (κ3) is 5.49. The monoisotopic (exact) mass is 542 g/mol. The maximum atomic E-state index is 14.1. The standard InChI is InChI=1S/C30H26N2O4S2/c33-11-13-37-21-15-23-27(25(17-21)31-19-7-3-1-4-8-19)29(35)24-16-22(38-14-12-34)18-26(28(24)30(23)36)32-20-9-5-2-6-10-20/h1-10,15-18,31-34H,11-14H2. The molecule has 38 heavy (non-hydrogen) atoms. The molecule has 5 rings (SSSR count). The molecule has 4 aromatic rings. The van der Waals surface area contributed by atoms with E-state index in [4.69, 9.17) is 0 Å². The Balaban J connectivity index is 1.66. The highest BCUT2D eigenvalue weighted by molar-refractivity contribution is 7.99. The SMILES string of the molecule is O=C1c2cc(SCCO)cc(Nc3ccccc3)c2C(=O)c2cc(SCCO)cc(Nc3ccccc3)c21. The number of carbonyl (C=O) groups excluding carboxylic acids is 2. The molecular formula is C30H26N2O4S2. The Labute approximate surface area is 229 Å². The van der Waals surface area contributed by atoms with E-state index in [9.17, 15) is 19.8 Å². The van der Waals surface area contributed by atoms with E-state index in [2.05, 4.69) is 10.6 Å². The first-order chi connectivity index (χ1) is 18.6. The van der Waals surface area contributed by atoms with Gasteiger partial charge in [-0.25, -0.2) is 0 Å². The molecule has 0 radical (unpaired) electrons. The molecule has 6 nitrogen and oxygen atoms in total. The summed E-state index contributed by atoms with van der Waals surface area (Å²) >= 11 is 2.85. The second-order valence-corrected chi connectivity index (χ2v) is 10.9. The molecular weight excluding hydrogens is 516 g/mol. The molecule has 0 aliphatic heterocycles. The first-order valence-electron chi connectivity index (χ1n) is 12.2. The van der Waals surface area contributed by atoms with Crippen molar-refractivity contribution in [3.8, 4) is 0 Å². The summed E-state index contributed by atoms with van der Waals surface area (Å²) in [5.41, 5.74) is 4.00. The molecule has 4 aromatic carbocycles. The fraction of sp³-hybridized carbons (Fsp3) is 0.133. The lowest BCUT2D eigenvalue weighted by Gasteiger charge is -2.25. The number of thioether (sulfide) groups is 2. The average molecular weight is 543 g/mol. The van der Waals surface area contributed by atoms with Gasteiger partial charge in [0.05, 0.1) is 35.7 Å². The lowest BCUT2D eigenvalue weighted by Crippen LogP contribution is -2.24. The van der Waals surface area contributed by atoms with Gasteiger partial charge in [0.15, 0.2) is 11.6 Å². The van der Waals surface area contributed by atoms with Crippen molar-refractivity contribution in [2.24, 2.45) is 0 Å². The molecule has 0 heterocycles. The van der Waals surface area contributed by atoms with E-state index in [0.717, 1.165) is 21.2 Å². The summed E-state index contributed by atoms with van der Waals surface area (Å²) in [5, 5.41) is 25.4. The number of anilines is 4. The van der Waals surface area contributed by atoms with Gasteiger partial charge in [0.2, 0.25) is 0 Å². The van der Waals surface area contributed by atoms with Crippen LogP contribution in [-0.4, -0.2) is 46.5 Å². The number of fused-ring (bicyclic) bond motifs is 2. The molecule has 1 aliphatic carbocycles. The van der Waals surface area contributed by atoms with Crippen LogP contribution in [0.1, 0.15) is 31.8 Å². The second-order valence-electron chi connectivity index (χ2n) is 8.57. The molecule has 0 spiro atoms. The van der Waals surface area contributed by atoms with Crippen molar-refractivity contribution >= 4 is 57.8 Å². The van der Waals surface area contributed by atoms with Crippen molar-refractivity contribution in [3.63, 3.8) is 0 Å². The number of carbonyl (C=O) groups is 2. The predicted octanol–water partition coefficient (Wildman–Crippen LogP) is 6.12. The van der Waals surface area contributed by atoms with E-state index in [1.807, 2.05) is 72.8 Å². The number of ketones is 2. The highest BCUT2D eigenvalue weighted by atomic mass is 32.2. The van der Waals surface area contributed by atoms with Gasteiger partial charge in [-0.3, -0.25) is 9.59 Å². The van der Waals surface area contributed by atoms with Crippen molar-refractivity contribution in [1.82, 2.24) is 0 Å². The van der Waals surface area contributed by atoms with Crippen molar-refractivity contribution in [2.75, 3.05) is 35.4 Å². The lowest BCUT2D eigenvalue weighted by atomic mass is 9.82. The van der Waals surface area contributed by atoms with Crippen LogP contribution in [0.2, 0.25) is 0 Å². The third-order valence-corrected chi connectivity index (χ3v) is 7.90. The second kappa shape index (κ2) is 11.9. The van der Waals surface area contributed by atoms with Crippen LogP contribution in [0, 0.1) is 0 Å². The molecule has 0 fully saturated rings. The number of hydrogen-bond donors (Lipinski definition) is 4. The van der Waals surface area contributed by atoms with E-state index in [0.29, 0.717) is 45.1 Å². The molecule has 8 heteroatoms. The molecule has 0 aromatic heterocycles. The Bertz CT molecular complexity index is 1360.